The minimum absolute atomic E-state index is 0.0200. The van der Waals surface area contributed by atoms with Gasteiger partial charge in [-0.15, -0.1) is 17.9 Å². The summed E-state index contributed by atoms with van der Waals surface area (Å²) in [7, 11) is 1.69. The Balaban J connectivity index is 1.63. The second kappa shape index (κ2) is 9.65. The van der Waals surface area contributed by atoms with Gasteiger partial charge in [0.15, 0.2) is 0 Å². The van der Waals surface area contributed by atoms with Crippen LogP contribution in [0.25, 0.3) is 15.7 Å². The highest BCUT2D eigenvalue weighted by Crippen LogP contribution is 2.32. The van der Waals surface area contributed by atoms with E-state index in [2.05, 4.69) is 46.5 Å². The van der Waals surface area contributed by atoms with E-state index in [-0.39, 0.29) is 11.8 Å². The zero-order valence-electron chi connectivity index (χ0n) is 16.0. The van der Waals surface area contributed by atoms with Gasteiger partial charge in [0.1, 0.15) is 0 Å². The fourth-order valence-electron chi connectivity index (χ4n) is 3.62. The molecule has 1 aliphatic carbocycles. The first-order chi connectivity index (χ1) is 13.2. The van der Waals surface area contributed by atoms with E-state index >= 15 is 0 Å². The third kappa shape index (κ3) is 4.95. The summed E-state index contributed by atoms with van der Waals surface area (Å²) in [5.74, 6) is -0.204. The van der Waals surface area contributed by atoms with Crippen LogP contribution in [-0.2, 0) is 11.2 Å². The molecule has 1 N–H and O–H groups in total. The lowest BCUT2D eigenvalue weighted by Crippen LogP contribution is -2.32. The Bertz CT molecular complexity index is 862. The largest absolute Gasteiger partial charge is 0.355 e. The van der Waals surface area contributed by atoms with Gasteiger partial charge in [0.25, 0.3) is 0 Å². The van der Waals surface area contributed by atoms with Crippen LogP contribution in [0.15, 0.2) is 47.3 Å². The highest BCUT2D eigenvalue weighted by molar-refractivity contribution is 7.17. The van der Waals surface area contributed by atoms with Gasteiger partial charge in [0, 0.05) is 24.5 Å². The van der Waals surface area contributed by atoms with Crippen LogP contribution < -0.4 is 5.32 Å². The predicted octanol–water partition coefficient (Wildman–Crippen LogP) is 5.41. The Morgan fingerprint density at radius 2 is 2.30 bits per heavy atom. The van der Waals surface area contributed by atoms with E-state index in [9.17, 15) is 4.79 Å². The molecular weight excluding hydrogens is 352 g/mol. The van der Waals surface area contributed by atoms with Crippen molar-refractivity contribution in [2.75, 3.05) is 13.6 Å². The molecule has 1 amide bonds. The van der Waals surface area contributed by atoms with Gasteiger partial charge in [0.2, 0.25) is 5.91 Å². The lowest BCUT2D eigenvalue weighted by Gasteiger charge is -2.13. The number of carbonyl (C=O) groups is 1. The molecule has 2 aromatic rings. The number of allylic oxidation sites excluding steroid dienone is 3. The van der Waals surface area contributed by atoms with E-state index in [1.54, 1.807) is 30.7 Å². The van der Waals surface area contributed by atoms with Gasteiger partial charge in [-0.05, 0) is 72.1 Å². The third-order valence-corrected chi connectivity index (χ3v) is 6.09. The summed E-state index contributed by atoms with van der Waals surface area (Å²) in [4.78, 5) is 16.3. The molecular formula is C23H28N2OS. The summed E-state index contributed by atoms with van der Waals surface area (Å²) >= 11 is 1.80. The van der Waals surface area contributed by atoms with Crippen LogP contribution in [0.3, 0.4) is 0 Å². The molecule has 1 heterocycles. The van der Waals surface area contributed by atoms with E-state index in [0.29, 0.717) is 13.0 Å². The zero-order chi connectivity index (χ0) is 19.1. The number of nitrogens with zero attached hydrogens (tertiary/aromatic N) is 1. The van der Waals surface area contributed by atoms with Crippen LogP contribution in [0.5, 0.6) is 0 Å². The lowest BCUT2D eigenvalue weighted by molar-refractivity contribution is -0.122. The zero-order valence-corrected chi connectivity index (χ0v) is 16.9. The van der Waals surface area contributed by atoms with Crippen LogP contribution in [0.1, 0.15) is 43.2 Å². The maximum Gasteiger partial charge on any atom is 0.228 e. The smallest absolute Gasteiger partial charge is 0.228 e. The summed E-state index contributed by atoms with van der Waals surface area (Å²) in [6.07, 6.45) is 12.3. The third-order valence-electron chi connectivity index (χ3n) is 5.10. The van der Waals surface area contributed by atoms with E-state index in [1.165, 1.54) is 52.5 Å². The Morgan fingerprint density at radius 1 is 1.41 bits per heavy atom. The molecule has 1 aromatic heterocycles. The average molecular weight is 381 g/mol. The molecule has 142 valence electrons. The molecule has 4 heteroatoms. The molecule has 0 saturated carbocycles. The highest BCUT2D eigenvalue weighted by atomic mass is 32.1. The van der Waals surface area contributed by atoms with Crippen LogP contribution in [0, 0.1) is 5.92 Å². The average Bonchev–Trinajstić information content (AvgIpc) is 3.10. The molecule has 1 aromatic carbocycles. The minimum atomic E-state index is -0.224. The maximum absolute atomic E-state index is 12.3. The molecule has 0 aliphatic heterocycles. The number of nitrogens with one attached hydrogen (secondary N) is 1. The van der Waals surface area contributed by atoms with Crippen LogP contribution in [-0.4, -0.2) is 25.7 Å². The molecule has 3 rings (SSSR count). The molecule has 1 atom stereocenters. The van der Waals surface area contributed by atoms with Crippen LogP contribution >= 0.6 is 11.3 Å². The Morgan fingerprint density at radius 3 is 3.04 bits per heavy atom. The van der Waals surface area contributed by atoms with Gasteiger partial charge in [-0.2, -0.15) is 0 Å². The van der Waals surface area contributed by atoms with Crippen molar-refractivity contribution >= 4 is 39.1 Å². The van der Waals surface area contributed by atoms with Crippen molar-refractivity contribution in [2.45, 2.75) is 38.5 Å². The number of fused-ring (bicyclic) bond motifs is 1. The van der Waals surface area contributed by atoms with Gasteiger partial charge in [-0.25, -0.2) is 0 Å². The van der Waals surface area contributed by atoms with Gasteiger partial charge in [-0.1, -0.05) is 24.3 Å². The lowest BCUT2D eigenvalue weighted by atomic mass is 9.93. The van der Waals surface area contributed by atoms with Crippen molar-refractivity contribution in [3.63, 3.8) is 0 Å². The van der Waals surface area contributed by atoms with Gasteiger partial charge in [-0.3, -0.25) is 4.79 Å². The minimum Gasteiger partial charge on any atom is -0.355 e. The van der Waals surface area contributed by atoms with Gasteiger partial charge >= 0.3 is 0 Å². The molecule has 1 aliphatic rings. The van der Waals surface area contributed by atoms with Gasteiger partial charge < -0.3 is 10.3 Å². The second-order valence-corrected chi connectivity index (χ2v) is 7.94. The summed E-state index contributed by atoms with van der Waals surface area (Å²) < 4.78 is 1.34. The molecule has 0 spiro atoms. The van der Waals surface area contributed by atoms with E-state index in [0.717, 1.165) is 6.42 Å². The number of hydrogen-bond acceptors (Lipinski definition) is 3. The predicted molar refractivity (Wildman–Crippen MR) is 118 cm³/mol. The summed E-state index contributed by atoms with van der Waals surface area (Å²) in [5, 5.41) is 6.57. The number of rotatable bonds is 8. The van der Waals surface area contributed by atoms with Crippen molar-refractivity contribution < 1.29 is 4.79 Å². The number of aliphatic imine (C=N–C) groups is 1. The molecule has 0 fully saturated rings. The molecule has 0 saturated heterocycles. The maximum atomic E-state index is 12.3. The molecule has 1 unspecified atom stereocenters. The first-order valence-electron chi connectivity index (χ1n) is 9.73. The SMILES string of the molecule is C=CCC(C=NC)C(=O)NCCc1csc2cc(C3=CCCCC3)ccc12. The van der Waals surface area contributed by atoms with Crippen molar-refractivity contribution in [1.29, 1.82) is 0 Å². The first-order valence-corrected chi connectivity index (χ1v) is 10.6. The van der Waals surface area contributed by atoms with Crippen molar-refractivity contribution in [3.05, 3.63) is 53.4 Å². The molecule has 3 nitrogen and oxygen atoms in total. The fourth-order valence-corrected chi connectivity index (χ4v) is 4.66. The van der Waals surface area contributed by atoms with E-state index in [4.69, 9.17) is 0 Å². The van der Waals surface area contributed by atoms with E-state index < -0.39 is 0 Å². The van der Waals surface area contributed by atoms with Gasteiger partial charge in [0.05, 0.1) is 5.92 Å². The van der Waals surface area contributed by atoms with Crippen molar-refractivity contribution in [3.8, 4) is 0 Å². The number of amides is 1. The topological polar surface area (TPSA) is 41.5 Å². The monoisotopic (exact) mass is 380 g/mol. The Kier molecular flexibility index (Phi) is 6.99. The fraction of sp³-hybridized carbons (Fsp3) is 0.391. The quantitative estimate of drug-likeness (QED) is 0.483. The molecule has 0 radical (unpaired) electrons. The number of carbonyl (C=O) groups excluding carboxylic acids is 1. The highest BCUT2D eigenvalue weighted by Gasteiger charge is 2.14. The van der Waals surface area contributed by atoms with Crippen molar-refractivity contribution in [1.82, 2.24) is 5.32 Å². The Labute approximate surface area is 165 Å². The normalized spacial score (nSPS) is 15.7. The second-order valence-electron chi connectivity index (χ2n) is 7.03. The first kappa shape index (κ1) is 19.6. The summed E-state index contributed by atoms with van der Waals surface area (Å²) in [5.41, 5.74) is 4.18. The van der Waals surface area contributed by atoms with E-state index in [1.807, 2.05) is 0 Å². The molecule has 27 heavy (non-hydrogen) atoms. The number of thiophene rings is 1. The number of benzene rings is 1. The standard InChI is InChI=1S/C23H28N2OS/c1-3-7-19(15-24-2)23(26)25-13-12-20-16-27-22-14-18(10-11-21(20)22)17-8-5-4-6-9-17/h3,8,10-11,14-16,19H,1,4-7,9,12-13H2,2H3,(H,25,26). The number of hydrogen-bond donors (Lipinski definition) is 1. The Hall–Kier alpha value is -2.20. The van der Waals surface area contributed by atoms with Crippen LogP contribution in [0.2, 0.25) is 0 Å². The summed E-state index contributed by atoms with van der Waals surface area (Å²) in [6, 6.07) is 6.83. The van der Waals surface area contributed by atoms with Crippen molar-refractivity contribution in [2.24, 2.45) is 10.9 Å². The van der Waals surface area contributed by atoms with Crippen LogP contribution in [0.4, 0.5) is 0 Å². The molecule has 0 bridgehead atoms. The summed E-state index contributed by atoms with van der Waals surface area (Å²) in [6.45, 7) is 4.36.